The molecule has 4 rings (SSSR count). The Labute approximate surface area is 146 Å². The Bertz CT molecular complexity index is 1020. The number of nitrogens with two attached hydrogens (primary N) is 1. The zero-order valence-corrected chi connectivity index (χ0v) is 13.6. The monoisotopic (exact) mass is 359 g/mol. The number of rotatable bonds is 3. The minimum absolute atomic E-state index is 0.109. The molecule has 1 atom stereocenters. The van der Waals surface area contributed by atoms with Crippen LogP contribution in [-0.4, -0.2) is 32.2 Å². The SMILES string of the molecule is Nc1nn2ccc(N3CCCC3c3cc(F)ccc3F)nc2c1C(=O)O. The summed E-state index contributed by atoms with van der Waals surface area (Å²) in [5.74, 6) is -1.88. The molecule has 7 nitrogen and oxygen atoms in total. The van der Waals surface area contributed by atoms with Crippen molar-refractivity contribution in [3.8, 4) is 0 Å². The van der Waals surface area contributed by atoms with Crippen molar-refractivity contribution in [3.63, 3.8) is 0 Å². The Morgan fingerprint density at radius 3 is 2.88 bits per heavy atom. The fourth-order valence-corrected chi connectivity index (χ4v) is 3.44. The molecule has 1 fully saturated rings. The van der Waals surface area contributed by atoms with Crippen LogP contribution in [0.5, 0.6) is 0 Å². The second-order valence-electron chi connectivity index (χ2n) is 6.14. The lowest BCUT2D eigenvalue weighted by Gasteiger charge is -2.26. The van der Waals surface area contributed by atoms with Crippen LogP contribution < -0.4 is 10.6 Å². The van der Waals surface area contributed by atoms with E-state index in [1.54, 1.807) is 12.3 Å². The van der Waals surface area contributed by atoms with Gasteiger partial charge in [0, 0.05) is 18.3 Å². The number of fused-ring (bicyclic) bond motifs is 1. The van der Waals surface area contributed by atoms with Gasteiger partial charge in [-0.1, -0.05) is 0 Å². The predicted molar refractivity (Wildman–Crippen MR) is 90.0 cm³/mol. The number of anilines is 2. The second kappa shape index (κ2) is 5.94. The van der Waals surface area contributed by atoms with Gasteiger partial charge in [0.15, 0.2) is 11.5 Å². The maximum Gasteiger partial charge on any atom is 0.343 e. The van der Waals surface area contributed by atoms with E-state index in [0.29, 0.717) is 18.8 Å². The zero-order valence-electron chi connectivity index (χ0n) is 13.6. The molecule has 1 aliphatic rings. The van der Waals surface area contributed by atoms with Gasteiger partial charge in [-0.05, 0) is 37.1 Å². The second-order valence-corrected chi connectivity index (χ2v) is 6.14. The average molecular weight is 359 g/mol. The highest BCUT2D eigenvalue weighted by Crippen LogP contribution is 2.37. The molecule has 2 aromatic heterocycles. The van der Waals surface area contributed by atoms with Gasteiger partial charge in [0.1, 0.15) is 23.0 Å². The lowest BCUT2D eigenvalue weighted by Crippen LogP contribution is -2.24. The van der Waals surface area contributed by atoms with Crippen LogP contribution in [0.4, 0.5) is 20.4 Å². The molecule has 134 valence electrons. The third-order valence-corrected chi connectivity index (χ3v) is 4.58. The summed E-state index contributed by atoms with van der Waals surface area (Å²) in [6, 6.07) is 4.65. The third kappa shape index (κ3) is 2.52. The van der Waals surface area contributed by atoms with E-state index < -0.39 is 17.6 Å². The van der Waals surface area contributed by atoms with Crippen molar-refractivity contribution in [2.24, 2.45) is 0 Å². The van der Waals surface area contributed by atoms with Crippen molar-refractivity contribution in [2.75, 3.05) is 17.2 Å². The highest BCUT2D eigenvalue weighted by atomic mass is 19.1. The number of carboxylic acids is 1. The Balaban J connectivity index is 1.80. The van der Waals surface area contributed by atoms with Crippen molar-refractivity contribution in [2.45, 2.75) is 18.9 Å². The summed E-state index contributed by atoms with van der Waals surface area (Å²) in [4.78, 5) is 17.6. The van der Waals surface area contributed by atoms with Crippen LogP contribution in [0.1, 0.15) is 34.8 Å². The standard InChI is InChI=1S/C17H15F2N5O2/c18-9-3-4-11(19)10(8-9)12-2-1-6-23(12)13-5-7-24-16(21-13)14(17(25)26)15(20)22-24/h3-5,7-8,12H,1-2,6H2,(H2,20,22)(H,25,26). The van der Waals surface area contributed by atoms with E-state index in [4.69, 9.17) is 5.73 Å². The number of hydrogen-bond donors (Lipinski definition) is 2. The van der Waals surface area contributed by atoms with Crippen LogP contribution in [-0.2, 0) is 0 Å². The smallest absolute Gasteiger partial charge is 0.343 e. The Kier molecular flexibility index (Phi) is 3.71. The van der Waals surface area contributed by atoms with Gasteiger partial charge in [-0.15, -0.1) is 5.10 Å². The number of hydrogen-bond acceptors (Lipinski definition) is 5. The van der Waals surface area contributed by atoms with E-state index in [9.17, 15) is 18.7 Å². The number of nitrogens with zero attached hydrogens (tertiary/aromatic N) is 4. The van der Waals surface area contributed by atoms with Gasteiger partial charge in [0.25, 0.3) is 0 Å². The molecule has 1 aromatic carbocycles. The highest BCUT2D eigenvalue weighted by Gasteiger charge is 2.30. The summed E-state index contributed by atoms with van der Waals surface area (Å²) in [5.41, 5.74) is 5.84. The summed E-state index contributed by atoms with van der Waals surface area (Å²) in [6.45, 7) is 0.593. The molecule has 3 N–H and O–H groups in total. The Hall–Kier alpha value is -3.23. The van der Waals surface area contributed by atoms with Gasteiger partial charge in [-0.2, -0.15) is 0 Å². The predicted octanol–water partition coefficient (Wildman–Crippen LogP) is 2.63. The molecule has 1 saturated heterocycles. The van der Waals surface area contributed by atoms with Gasteiger partial charge in [0.05, 0.1) is 6.04 Å². The van der Waals surface area contributed by atoms with Crippen molar-refractivity contribution in [3.05, 3.63) is 53.2 Å². The van der Waals surface area contributed by atoms with E-state index in [1.807, 2.05) is 4.90 Å². The van der Waals surface area contributed by atoms with E-state index >= 15 is 0 Å². The molecule has 0 radical (unpaired) electrons. The van der Waals surface area contributed by atoms with Gasteiger partial charge in [-0.3, -0.25) is 0 Å². The summed E-state index contributed by atoms with van der Waals surface area (Å²) < 4.78 is 29.1. The molecule has 0 aliphatic carbocycles. The molecule has 0 spiro atoms. The number of carboxylic acid groups (broad SMARTS) is 1. The fraction of sp³-hybridized carbons (Fsp3) is 0.235. The molecule has 0 saturated carbocycles. The van der Waals surface area contributed by atoms with Crippen molar-refractivity contribution in [1.82, 2.24) is 14.6 Å². The third-order valence-electron chi connectivity index (χ3n) is 4.58. The molecule has 1 unspecified atom stereocenters. The molecular formula is C17H15F2N5O2. The van der Waals surface area contributed by atoms with Gasteiger partial charge in [0.2, 0.25) is 0 Å². The topological polar surface area (TPSA) is 96.8 Å². The van der Waals surface area contributed by atoms with Crippen LogP contribution >= 0.6 is 0 Å². The van der Waals surface area contributed by atoms with Gasteiger partial charge >= 0.3 is 5.97 Å². The molecule has 26 heavy (non-hydrogen) atoms. The minimum Gasteiger partial charge on any atom is -0.477 e. The highest BCUT2D eigenvalue weighted by molar-refractivity contribution is 5.99. The Morgan fingerprint density at radius 1 is 1.31 bits per heavy atom. The van der Waals surface area contributed by atoms with E-state index in [-0.39, 0.29) is 28.6 Å². The first-order valence-electron chi connectivity index (χ1n) is 8.05. The van der Waals surface area contributed by atoms with Gasteiger partial charge < -0.3 is 15.7 Å². The number of aromatic carboxylic acids is 1. The van der Waals surface area contributed by atoms with Crippen molar-refractivity contribution in [1.29, 1.82) is 0 Å². The van der Waals surface area contributed by atoms with E-state index in [2.05, 4.69) is 10.1 Å². The summed E-state index contributed by atoms with van der Waals surface area (Å²) in [7, 11) is 0. The first-order chi connectivity index (χ1) is 12.5. The fourth-order valence-electron chi connectivity index (χ4n) is 3.44. The lowest BCUT2D eigenvalue weighted by molar-refractivity contribution is 0.0700. The van der Waals surface area contributed by atoms with E-state index in [1.165, 1.54) is 10.6 Å². The van der Waals surface area contributed by atoms with Crippen LogP contribution in [0.2, 0.25) is 0 Å². The van der Waals surface area contributed by atoms with E-state index in [0.717, 1.165) is 18.6 Å². The van der Waals surface area contributed by atoms with Crippen LogP contribution in [0.25, 0.3) is 5.65 Å². The maximum atomic E-state index is 14.2. The average Bonchev–Trinajstić information content (AvgIpc) is 3.19. The summed E-state index contributed by atoms with van der Waals surface area (Å²) >= 11 is 0. The van der Waals surface area contributed by atoms with Crippen LogP contribution in [0, 0.1) is 11.6 Å². The van der Waals surface area contributed by atoms with Gasteiger partial charge in [-0.25, -0.2) is 23.1 Å². The maximum absolute atomic E-state index is 14.2. The van der Waals surface area contributed by atoms with Crippen molar-refractivity contribution >= 4 is 23.3 Å². The first kappa shape index (κ1) is 16.2. The van der Waals surface area contributed by atoms with Crippen molar-refractivity contribution < 1.29 is 18.7 Å². The lowest BCUT2D eigenvalue weighted by atomic mass is 10.0. The molecule has 0 amide bonds. The molecule has 3 heterocycles. The summed E-state index contributed by atoms with van der Waals surface area (Å²) in [5, 5.41) is 13.3. The minimum atomic E-state index is -1.23. The summed E-state index contributed by atoms with van der Waals surface area (Å²) in [6.07, 6.45) is 2.97. The normalized spacial score (nSPS) is 17.2. The first-order valence-corrected chi connectivity index (χ1v) is 8.05. The quantitative estimate of drug-likeness (QED) is 0.746. The molecule has 1 aliphatic heterocycles. The molecule has 0 bridgehead atoms. The Morgan fingerprint density at radius 2 is 2.12 bits per heavy atom. The number of nitrogen functional groups attached to an aromatic ring is 1. The number of benzene rings is 1. The van der Waals surface area contributed by atoms with Crippen LogP contribution in [0.3, 0.4) is 0 Å². The number of aromatic nitrogens is 3. The largest absolute Gasteiger partial charge is 0.477 e. The number of carbonyl (C=O) groups is 1. The molecule has 3 aromatic rings. The molecule has 9 heteroatoms. The number of halogens is 2. The zero-order chi connectivity index (χ0) is 18.4. The molecular weight excluding hydrogens is 344 g/mol. The van der Waals surface area contributed by atoms with Crippen LogP contribution in [0.15, 0.2) is 30.5 Å².